The fourth-order valence-electron chi connectivity index (χ4n) is 3.12. The number of rotatable bonds is 2. The van der Waals surface area contributed by atoms with E-state index in [-0.39, 0.29) is 0 Å². The number of hydrogen-bond donors (Lipinski definition) is 0. The highest BCUT2D eigenvalue weighted by Gasteiger charge is 2.36. The number of ether oxygens (including phenoxy) is 1. The molecule has 3 rings (SSSR count). The molecular formula is C13H18N2O. The van der Waals surface area contributed by atoms with Gasteiger partial charge in [-0.2, -0.15) is 4.98 Å². The Morgan fingerprint density at radius 1 is 1.25 bits per heavy atom. The zero-order valence-electron chi connectivity index (χ0n) is 9.72. The van der Waals surface area contributed by atoms with Crippen molar-refractivity contribution in [3.8, 4) is 5.88 Å². The summed E-state index contributed by atoms with van der Waals surface area (Å²) < 4.78 is 5.17. The van der Waals surface area contributed by atoms with Gasteiger partial charge in [-0.25, -0.2) is 0 Å². The number of anilines is 1. The van der Waals surface area contributed by atoms with Crippen molar-refractivity contribution in [2.24, 2.45) is 11.8 Å². The molecule has 1 aromatic heterocycles. The average molecular weight is 218 g/mol. The molecule has 3 nitrogen and oxygen atoms in total. The van der Waals surface area contributed by atoms with Crippen molar-refractivity contribution in [2.45, 2.75) is 19.3 Å². The van der Waals surface area contributed by atoms with Crippen LogP contribution in [-0.4, -0.2) is 25.2 Å². The van der Waals surface area contributed by atoms with Crippen LogP contribution in [0.3, 0.4) is 0 Å². The maximum absolute atomic E-state index is 5.17. The van der Waals surface area contributed by atoms with Gasteiger partial charge >= 0.3 is 0 Å². The zero-order valence-corrected chi connectivity index (χ0v) is 9.72. The molecule has 0 spiro atoms. The lowest BCUT2D eigenvalue weighted by Gasteiger charge is -2.18. The normalized spacial score (nSPS) is 28.2. The second kappa shape index (κ2) is 3.96. The van der Waals surface area contributed by atoms with Crippen molar-refractivity contribution in [3.63, 3.8) is 0 Å². The van der Waals surface area contributed by atoms with Crippen molar-refractivity contribution in [1.29, 1.82) is 0 Å². The van der Waals surface area contributed by atoms with E-state index in [1.807, 2.05) is 12.1 Å². The summed E-state index contributed by atoms with van der Waals surface area (Å²) in [7, 11) is 1.67. The fourth-order valence-corrected chi connectivity index (χ4v) is 3.12. The van der Waals surface area contributed by atoms with E-state index in [0.29, 0.717) is 0 Å². The third-order valence-electron chi connectivity index (χ3n) is 3.97. The molecule has 0 bridgehead atoms. The summed E-state index contributed by atoms with van der Waals surface area (Å²) in [6.45, 7) is 2.37. The molecule has 0 N–H and O–H groups in total. The molecule has 2 heterocycles. The zero-order chi connectivity index (χ0) is 11.0. The van der Waals surface area contributed by atoms with Crippen LogP contribution in [0.2, 0.25) is 0 Å². The minimum Gasteiger partial charge on any atom is -0.481 e. The van der Waals surface area contributed by atoms with Gasteiger partial charge in [-0.1, -0.05) is 12.5 Å². The van der Waals surface area contributed by atoms with Crippen LogP contribution >= 0.6 is 0 Å². The molecule has 0 aromatic carbocycles. The average Bonchev–Trinajstić information content (AvgIpc) is 2.89. The molecule has 2 fully saturated rings. The first kappa shape index (κ1) is 9.94. The molecule has 1 saturated heterocycles. The van der Waals surface area contributed by atoms with Crippen molar-refractivity contribution in [3.05, 3.63) is 18.2 Å². The standard InChI is InChI=1S/C13H18N2O/c1-16-13-7-3-6-12(14-13)15-8-10-4-2-5-11(10)9-15/h3,6-7,10-11H,2,4-5,8-9H2,1H3. The summed E-state index contributed by atoms with van der Waals surface area (Å²) in [6.07, 6.45) is 4.24. The maximum Gasteiger partial charge on any atom is 0.214 e. The number of methoxy groups -OCH3 is 1. The Bertz CT molecular complexity index is 368. The Balaban J connectivity index is 1.78. The van der Waals surface area contributed by atoms with Crippen LogP contribution in [-0.2, 0) is 0 Å². The van der Waals surface area contributed by atoms with Gasteiger partial charge in [0.25, 0.3) is 0 Å². The lowest BCUT2D eigenvalue weighted by Crippen LogP contribution is -2.21. The molecule has 1 aliphatic heterocycles. The summed E-state index contributed by atoms with van der Waals surface area (Å²) in [5.41, 5.74) is 0. The molecule has 0 amide bonds. The Labute approximate surface area is 96.4 Å². The van der Waals surface area contributed by atoms with Gasteiger partial charge in [0.05, 0.1) is 7.11 Å². The Kier molecular flexibility index (Phi) is 2.46. The van der Waals surface area contributed by atoms with Crippen LogP contribution in [0.4, 0.5) is 5.82 Å². The van der Waals surface area contributed by atoms with Crippen LogP contribution in [0.15, 0.2) is 18.2 Å². The largest absolute Gasteiger partial charge is 0.481 e. The first-order valence-electron chi connectivity index (χ1n) is 6.13. The summed E-state index contributed by atoms with van der Waals surface area (Å²) in [4.78, 5) is 6.92. The minimum atomic E-state index is 0.717. The van der Waals surface area contributed by atoms with E-state index in [9.17, 15) is 0 Å². The van der Waals surface area contributed by atoms with Crippen LogP contribution in [0.25, 0.3) is 0 Å². The van der Waals surface area contributed by atoms with E-state index in [1.165, 1.54) is 32.4 Å². The number of pyridine rings is 1. The lowest BCUT2D eigenvalue weighted by atomic mass is 10.0. The quantitative estimate of drug-likeness (QED) is 0.761. The summed E-state index contributed by atoms with van der Waals surface area (Å²) in [5.74, 6) is 3.62. The topological polar surface area (TPSA) is 25.4 Å². The van der Waals surface area contributed by atoms with E-state index < -0.39 is 0 Å². The number of fused-ring (bicyclic) bond motifs is 1. The molecule has 1 saturated carbocycles. The van der Waals surface area contributed by atoms with Crippen LogP contribution < -0.4 is 9.64 Å². The second-order valence-corrected chi connectivity index (χ2v) is 4.89. The van der Waals surface area contributed by atoms with Gasteiger partial charge in [0.2, 0.25) is 5.88 Å². The van der Waals surface area contributed by atoms with E-state index >= 15 is 0 Å². The fraction of sp³-hybridized carbons (Fsp3) is 0.615. The highest BCUT2D eigenvalue weighted by molar-refractivity contribution is 5.42. The Morgan fingerprint density at radius 3 is 2.69 bits per heavy atom. The maximum atomic E-state index is 5.17. The first-order valence-corrected chi connectivity index (χ1v) is 6.13. The van der Waals surface area contributed by atoms with Gasteiger partial charge in [-0.05, 0) is 30.7 Å². The van der Waals surface area contributed by atoms with Gasteiger partial charge in [0.1, 0.15) is 5.82 Å². The Morgan fingerprint density at radius 2 is 2.00 bits per heavy atom. The van der Waals surface area contributed by atoms with Crippen LogP contribution in [0.5, 0.6) is 5.88 Å². The predicted molar refractivity (Wildman–Crippen MR) is 63.8 cm³/mol. The monoisotopic (exact) mass is 218 g/mol. The smallest absolute Gasteiger partial charge is 0.214 e. The SMILES string of the molecule is COc1cccc(N2CC3CCCC3C2)n1. The third-order valence-corrected chi connectivity index (χ3v) is 3.97. The summed E-state index contributed by atoms with van der Waals surface area (Å²) in [5, 5.41) is 0. The van der Waals surface area contributed by atoms with E-state index in [0.717, 1.165) is 23.5 Å². The summed E-state index contributed by atoms with van der Waals surface area (Å²) >= 11 is 0. The number of aromatic nitrogens is 1. The molecule has 1 aromatic rings. The molecule has 16 heavy (non-hydrogen) atoms. The first-order chi connectivity index (χ1) is 7.86. The molecule has 2 atom stereocenters. The number of hydrogen-bond acceptors (Lipinski definition) is 3. The van der Waals surface area contributed by atoms with E-state index in [4.69, 9.17) is 4.74 Å². The van der Waals surface area contributed by atoms with Crippen LogP contribution in [0.1, 0.15) is 19.3 Å². The van der Waals surface area contributed by atoms with Gasteiger partial charge < -0.3 is 9.64 Å². The van der Waals surface area contributed by atoms with Gasteiger partial charge in [0.15, 0.2) is 0 Å². The van der Waals surface area contributed by atoms with E-state index in [1.54, 1.807) is 7.11 Å². The lowest BCUT2D eigenvalue weighted by molar-refractivity contribution is 0.398. The molecular weight excluding hydrogens is 200 g/mol. The molecule has 2 aliphatic rings. The number of nitrogens with zero attached hydrogens (tertiary/aromatic N) is 2. The second-order valence-electron chi connectivity index (χ2n) is 4.89. The molecule has 0 radical (unpaired) electrons. The minimum absolute atomic E-state index is 0.717. The van der Waals surface area contributed by atoms with Crippen molar-refractivity contribution in [1.82, 2.24) is 4.98 Å². The van der Waals surface area contributed by atoms with Gasteiger partial charge in [-0.3, -0.25) is 0 Å². The van der Waals surface area contributed by atoms with Crippen molar-refractivity contribution < 1.29 is 4.74 Å². The van der Waals surface area contributed by atoms with Crippen molar-refractivity contribution >= 4 is 5.82 Å². The summed E-state index contributed by atoms with van der Waals surface area (Å²) in [6, 6.07) is 6.01. The van der Waals surface area contributed by atoms with Gasteiger partial charge in [-0.15, -0.1) is 0 Å². The molecule has 86 valence electrons. The van der Waals surface area contributed by atoms with Gasteiger partial charge in [0, 0.05) is 19.2 Å². The van der Waals surface area contributed by atoms with E-state index in [2.05, 4.69) is 16.0 Å². The molecule has 1 aliphatic carbocycles. The Hall–Kier alpha value is -1.25. The molecule has 3 heteroatoms. The van der Waals surface area contributed by atoms with Crippen LogP contribution in [0, 0.1) is 11.8 Å². The molecule has 2 unspecified atom stereocenters. The highest BCUT2D eigenvalue weighted by atomic mass is 16.5. The van der Waals surface area contributed by atoms with Crippen molar-refractivity contribution in [2.75, 3.05) is 25.1 Å². The predicted octanol–water partition coefficient (Wildman–Crippen LogP) is 2.33. The third kappa shape index (κ3) is 1.64. The highest BCUT2D eigenvalue weighted by Crippen LogP contribution is 2.39.